The Morgan fingerprint density at radius 1 is 1.06 bits per heavy atom. The summed E-state index contributed by atoms with van der Waals surface area (Å²) in [6.07, 6.45) is 12.3. The van der Waals surface area contributed by atoms with E-state index in [9.17, 15) is 13.6 Å². The van der Waals surface area contributed by atoms with Crippen LogP contribution in [0, 0.1) is 46.1 Å². The van der Waals surface area contributed by atoms with Gasteiger partial charge in [-0.2, -0.15) is 0 Å². The van der Waals surface area contributed by atoms with E-state index in [1.54, 1.807) is 0 Å². The van der Waals surface area contributed by atoms with Crippen LogP contribution in [-0.2, 0) is 16.1 Å². The van der Waals surface area contributed by atoms with Crippen LogP contribution in [0.1, 0.15) is 97.0 Å². The lowest BCUT2D eigenvalue weighted by Crippen LogP contribution is -2.54. The zero-order chi connectivity index (χ0) is 25.6. The Balaban J connectivity index is 0.00000167. The summed E-state index contributed by atoms with van der Waals surface area (Å²) in [4.78, 5) is 12.2. The molecule has 0 heterocycles. The number of halogens is 2. The van der Waals surface area contributed by atoms with Crippen molar-refractivity contribution in [1.82, 2.24) is 0 Å². The van der Waals surface area contributed by atoms with Crippen molar-refractivity contribution < 1.29 is 23.4 Å². The minimum atomic E-state index is -0.548. The van der Waals surface area contributed by atoms with Crippen molar-refractivity contribution in [2.45, 2.75) is 98.0 Å². The highest BCUT2D eigenvalue weighted by atomic mass is 19.1. The van der Waals surface area contributed by atoms with Crippen LogP contribution in [0.25, 0.3) is 0 Å². The van der Waals surface area contributed by atoms with Crippen molar-refractivity contribution in [3.8, 4) is 0 Å². The van der Waals surface area contributed by atoms with Crippen LogP contribution >= 0.6 is 0 Å². The third kappa shape index (κ3) is 5.98. The van der Waals surface area contributed by atoms with E-state index in [0.717, 1.165) is 57.1 Å². The minimum absolute atomic E-state index is 0.257. The Morgan fingerprint density at radius 2 is 1.77 bits per heavy atom. The molecule has 3 saturated carbocycles. The number of aliphatic hydroxyl groups is 1. The Bertz CT molecular complexity index is 823. The zero-order valence-corrected chi connectivity index (χ0v) is 22.3. The summed E-state index contributed by atoms with van der Waals surface area (Å²) in [5.41, 5.74) is 1.18. The summed E-state index contributed by atoms with van der Waals surface area (Å²) in [6.45, 7) is 8.05. The van der Waals surface area contributed by atoms with Crippen LogP contribution in [0.2, 0.25) is 0 Å². The average molecular weight is 493 g/mol. The number of carbonyl (C=O) groups is 1. The fourth-order valence-corrected chi connectivity index (χ4v) is 8.25. The maximum absolute atomic E-state index is 13.5. The Morgan fingerprint density at radius 3 is 2.43 bits per heavy atom. The SMILES string of the molecule is CCCC1[C@@H]2CCC3CC(=O)CCC3(C)C2CCC1(CC)CCOCc1cc(F)cc(F)c1.CO. The topological polar surface area (TPSA) is 46.5 Å². The number of ether oxygens (including phenoxy) is 1. The molecule has 6 atom stereocenters. The largest absolute Gasteiger partial charge is 0.400 e. The second kappa shape index (κ2) is 12.3. The molecule has 4 rings (SSSR count). The first kappa shape index (κ1) is 28.2. The predicted molar refractivity (Wildman–Crippen MR) is 136 cm³/mol. The molecule has 0 bridgehead atoms. The Hall–Kier alpha value is -1.33. The van der Waals surface area contributed by atoms with Gasteiger partial charge in [0, 0.05) is 32.6 Å². The number of Topliss-reactive ketones (excluding diaryl/α,β-unsaturated/α-hetero) is 1. The molecule has 3 aliphatic carbocycles. The zero-order valence-electron chi connectivity index (χ0n) is 22.3. The van der Waals surface area contributed by atoms with E-state index in [1.165, 1.54) is 50.7 Å². The van der Waals surface area contributed by atoms with Crippen LogP contribution < -0.4 is 0 Å². The normalized spacial score (nSPS) is 34.4. The third-order valence-corrected chi connectivity index (χ3v) is 10.1. The molecule has 0 radical (unpaired) electrons. The van der Waals surface area contributed by atoms with E-state index in [4.69, 9.17) is 9.84 Å². The Labute approximate surface area is 211 Å². The fourth-order valence-electron chi connectivity index (χ4n) is 8.25. The standard InChI is InChI=1S/C29H42F2O2.CH4O/c1-4-6-27-25-8-7-21-17-24(32)9-11-28(21,3)26(25)10-12-29(27,5-2)13-14-33-19-20-15-22(30)18-23(31)16-20;1-2/h15-16,18,21,25-27H,4-14,17,19H2,1-3H3;2H,1H3/t21?,25-,26?,27?,28?,29?;/m1./s1. The molecular formula is C30H46F2O3. The highest BCUT2D eigenvalue weighted by Crippen LogP contribution is 2.64. The second-order valence-corrected chi connectivity index (χ2v) is 11.5. The van der Waals surface area contributed by atoms with E-state index in [2.05, 4.69) is 20.8 Å². The van der Waals surface area contributed by atoms with E-state index >= 15 is 0 Å². The summed E-state index contributed by atoms with van der Waals surface area (Å²) < 4.78 is 33.0. The fraction of sp³-hybridized carbons (Fsp3) is 0.767. The monoisotopic (exact) mass is 492 g/mol. The molecule has 0 amide bonds. The van der Waals surface area contributed by atoms with E-state index in [0.29, 0.717) is 35.2 Å². The molecule has 198 valence electrons. The molecule has 0 saturated heterocycles. The summed E-state index contributed by atoms with van der Waals surface area (Å²) in [7, 11) is 1.00. The van der Waals surface area contributed by atoms with Gasteiger partial charge < -0.3 is 9.84 Å². The van der Waals surface area contributed by atoms with Gasteiger partial charge in [-0.25, -0.2) is 8.78 Å². The number of benzene rings is 1. The number of rotatable bonds is 8. The number of hydrogen-bond acceptors (Lipinski definition) is 3. The molecule has 3 aliphatic rings. The molecular weight excluding hydrogens is 446 g/mol. The molecule has 5 unspecified atom stereocenters. The maximum Gasteiger partial charge on any atom is 0.133 e. The quantitative estimate of drug-likeness (QED) is 0.383. The van der Waals surface area contributed by atoms with Gasteiger partial charge in [-0.15, -0.1) is 0 Å². The van der Waals surface area contributed by atoms with Crippen molar-refractivity contribution in [2.24, 2.45) is 34.5 Å². The van der Waals surface area contributed by atoms with Gasteiger partial charge >= 0.3 is 0 Å². The highest BCUT2D eigenvalue weighted by Gasteiger charge is 2.57. The van der Waals surface area contributed by atoms with Crippen molar-refractivity contribution >= 4 is 5.78 Å². The third-order valence-electron chi connectivity index (χ3n) is 10.1. The molecule has 0 aromatic heterocycles. The molecule has 3 nitrogen and oxygen atoms in total. The van der Waals surface area contributed by atoms with Gasteiger partial charge in [-0.3, -0.25) is 4.79 Å². The van der Waals surface area contributed by atoms with Crippen molar-refractivity contribution in [3.05, 3.63) is 35.4 Å². The van der Waals surface area contributed by atoms with Crippen LogP contribution in [-0.4, -0.2) is 24.6 Å². The van der Waals surface area contributed by atoms with Crippen LogP contribution in [0.5, 0.6) is 0 Å². The Kier molecular flexibility index (Phi) is 9.90. The lowest BCUT2D eigenvalue weighted by Gasteiger charge is -2.61. The van der Waals surface area contributed by atoms with Gasteiger partial charge in [0.05, 0.1) is 6.61 Å². The number of aliphatic hydroxyl groups excluding tert-OH is 1. The number of ketones is 1. The van der Waals surface area contributed by atoms with Crippen molar-refractivity contribution in [2.75, 3.05) is 13.7 Å². The average Bonchev–Trinajstić information content (AvgIpc) is 2.84. The molecule has 1 aromatic rings. The van der Waals surface area contributed by atoms with Gasteiger partial charge in [0.2, 0.25) is 0 Å². The smallest absolute Gasteiger partial charge is 0.133 e. The second-order valence-electron chi connectivity index (χ2n) is 11.5. The molecule has 1 aromatic carbocycles. The van der Waals surface area contributed by atoms with Gasteiger partial charge in [-0.05, 0) is 97.1 Å². The first-order valence-corrected chi connectivity index (χ1v) is 13.8. The number of fused-ring (bicyclic) bond motifs is 3. The summed E-state index contributed by atoms with van der Waals surface area (Å²) in [5.74, 6) is 2.18. The first-order valence-electron chi connectivity index (χ1n) is 13.8. The molecule has 1 N–H and O–H groups in total. The van der Waals surface area contributed by atoms with Gasteiger partial charge in [0.1, 0.15) is 17.4 Å². The van der Waals surface area contributed by atoms with Gasteiger partial charge in [0.15, 0.2) is 0 Å². The molecule has 0 aliphatic heterocycles. The highest BCUT2D eigenvalue weighted by molar-refractivity contribution is 5.79. The van der Waals surface area contributed by atoms with Crippen LogP contribution in [0.3, 0.4) is 0 Å². The van der Waals surface area contributed by atoms with Crippen LogP contribution in [0.15, 0.2) is 18.2 Å². The van der Waals surface area contributed by atoms with E-state index in [1.807, 2.05) is 0 Å². The molecule has 5 heteroatoms. The molecule has 3 fully saturated rings. The van der Waals surface area contributed by atoms with Gasteiger partial charge in [0.25, 0.3) is 0 Å². The number of carbonyl (C=O) groups excluding carboxylic acids is 1. The first-order chi connectivity index (χ1) is 16.8. The summed E-state index contributed by atoms with van der Waals surface area (Å²) in [5, 5.41) is 7.00. The van der Waals surface area contributed by atoms with E-state index in [-0.39, 0.29) is 12.0 Å². The summed E-state index contributed by atoms with van der Waals surface area (Å²) >= 11 is 0. The van der Waals surface area contributed by atoms with E-state index < -0.39 is 11.6 Å². The number of hydrogen-bond donors (Lipinski definition) is 1. The van der Waals surface area contributed by atoms with Crippen LogP contribution in [0.4, 0.5) is 8.78 Å². The molecule has 0 spiro atoms. The predicted octanol–water partition coefficient (Wildman–Crippen LogP) is 7.49. The lowest BCUT2D eigenvalue weighted by atomic mass is 9.43. The minimum Gasteiger partial charge on any atom is -0.400 e. The maximum atomic E-state index is 13.5. The van der Waals surface area contributed by atoms with Crippen molar-refractivity contribution in [3.63, 3.8) is 0 Å². The summed E-state index contributed by atoms with van der Waals surface area (Å²) in [6, 6.07) is 3.62. The lowest BCUT2D eigenvalue weighted by molar-refractivity contribution is -0.144. The van der Waals surface area contributed by atoms with Gasteiger partial charge in [-0.1, -0.05) is 33.6 Å². The van der Waals surface area contributed by atoms with Crippen molar-refractivity contribution in [1.29, 1.82) is 0 Å². The molecule has 35 heavy (non-hydrogen) atoms.